The number of aliphatic hydroxyl groups excluding tert-OH is 1. The third-order valence-corrected chi connectivity index (χ3v) is 3.16. The molecular formula is C16H18O2. The minimum Gasteiger partial charge on any atom is -0.508 e. The largest absolute Gasteiger partial charge is 0.508 e. The number of aromatic hydroxyl groups is 1. The summed E-state index contributed by atoms with van der Waals surface area (Å²) in [7, 11) is 0. The van der Waals surface area contributed by atoms with Gasteiger partial charge in [-0.3, -0.25) is 0 Å². The number of hydrogen-bond acceptors (Lipinski definition) is 2. The number of hydrogen-bond donors (Lipinski definition) is 2. The topological polar surface area (TPSA) is 40.5 Å². The van der Waals surface area contributed by atoms with Crippen LogP contribution in [0.5, 0.6) is 5.75 Å². The first-order chi connectivity index (χ1) is 8.70. The Labute approximate surface area is 108 Å². The predicted octanol–water partition coefficient (Wildman–Crippen LogP) is 3.23. The van der Waals surface area contributed by atoms with Crippen LogP contribution in [0.3, 0.4) is 0 Å². The first-order valence-electron chi connectivity index (χ1n) is 6.24. The Morgan fingerprint density at radius 2 is 1.67 bits per heavy atom. The summed E-state index contributed by atoms with van der Waals surface area (Å²) in [5, 5.41) is 19.5. The van der Waals surface area contributed by atoms with Gasteiger partial charge in [0.1, 0.15) is 5.75 Å². The number of phenols is 1. The Morgan fingerprint density at radius 3 is 2.33 bits per heavy atom. The van der Waals surface area contributed by atoms with Crippen LogP contribution in [-0.4, -0.2) is 10.2 Å². The van der Waals surface area contributed by atoms with Crippen LogP contribution in [0.4, 0.5) is 0 Å². The van der Waals surface area contributed by atoms with Gasteiger partial charge in [0, 0.05) is 6.42 Å². The molecular weight excluding hydrogens is 224 g/mol. The van der Waals surface area contributed by atoms with Gasteiger partial charge in [0.05, 0.1) is 6.10 Å². The van der Waals surface area contributed by atoms with Crippen molar-refractivity contribution in [2.24, 2.45) is 0 Å². The van der Waals surface area contributed by atoms with Gasteiger partial charge in [-0.15, -0.1) is 0 Å². The molecule has 0 aliphatic carbocycles. The lowest BCUT2D eigenvalue weighted by Crippen LogP contribution is -2.04. The van der Waals surface area contributed by atoms with Crippen LogP contribution in [0.15, 0.2) is 48.5 Å². The second-order valence-electron chi connectivity index (χ2n) is 4.44. The zero-order chi connectivity index (χ0) is 13.0. The molecule has 0 aliphatic rings. The smallest absolute Gasteiger partial charge is 0.115 e. The van der Waals surface area contributed by atoms with Crippen molar-refractivity contribution >= 4 is 0 Å². The number of benzene rings is 2. The molecule has 2 nitrogen and oxygen atoms in total. The maximum absolute atomic E-state index is 10.3. The molecule has 0 saturated carbocycles. The molecule has 0 aliphatic heterocycles. The van der Waals surface area contributed by atoms with Gasteiger partial charge in [0.2, 0.25) is 0 Å². The molecule has 2 N–H and O–H groups in total. The average Bonchev–Trinajstić information content (AvgIpc) is 2.41. The Hall–Kier alpha value is -1.80. The fraction of sp³-hybridized carbons (Fsp3) is 0.250. The maximum Gasteiger partial charge on any atom is 0.115 e. The van der Waals surface area contributed by atoms with E-state index in [0.717, 1.165) is 17.5 Å². The predicted molar refractivity (Wildman–Crippen MR) is 72.6 cm³/mol. The molecule has 0 saturated heterocycles. The quantitative estimate of drug-likeness (QED) is 0.864. The molecule has 94 valence electrons. The van der Waals surface area contributed by atoms with Crippen LogP contribution < -0.4 is 0 Å². The highest BCUT2D eigenvalue weighted by Gasteiger charge is 2.11. The van der Waals surface area contributed by atoms with Crippen molar-refractivity contribution in [1.82, 2.24) is 0 Å². The van der Waals surface area contributed by atoms with E-state index in [1.807, 2.05) is 30.3 Å². The van der Waals surface area contributed by atoms with Crippen LogP contribution in [0, 0.1) is 0 Å². The molecule has 0 heterocycles. The number of rotatable bonds is 4. The molecule has 1 unspecified atom stereocenters. The van der Waals surface area contributed by atoms with Crippen LogP contribution in [-0.2, 0) is 12.8 Å². The maximum atomic E-state index is 10.3. The molecule has 2 rings (SSSR count). The molecule has 1 atom stereocenters. The lowest BCUT2D eigenvalue weighted by atomic mass is 9.96. The number of phenolic OH excluding ortho intramolecular Hbond substituents is 1. The Kier molecular flexibility index (Phi) is 4.00. The highest BCUT2D eigenvalue weighted by molar-refractivity contribution is 5.32. The van der Waals surface area contributed by atoms with Gasteiger partial charge in [-0.25, -0.2) is 0 Å². The summed E-state index contributed by atoms with van der Waals surface area (Å²) in [5.41, 5.74) is 3.20. The molecule has 2 aromatic carbocycles. The number of aryl methyl sites for hydroxylation is 1. The normalized spacial score (nSPS) is 12.3. The Bertz CT molecular complexity index is 503. The third-order valence-electron chi connectivity index (χ3n) is 3.16. The monoisotopic (exact) mass is 242 g/mol. The van der Waals surface area contributed by atoms with Gasteiger partial charge in [-0.05, 0) is 35.2 Å². The van der Waals surface area contributed by atoms with E-state index in [-0.39, 0.29) is 5.75 Å². The lowest BCUT2D eigenvalue weighted by molar-refractivity contribution is 0.177. The fourth-order valence-corrected chi connectivity index (χ4v) is 2.15. The summed E-state index contributed by atoms with van der Waals surface area (Å²) in [4.78, 5) is 0. The summed E-state index contributed by atoms with van der Waals surface area (Å²) < 4.78 is 0. The summed E-state index contributed by atoms with van der Waals surface area (Å²) in [6.45, 7) is 2.09. The van der Waals surface area contributed by atoms with Crippen molar-refractivity contribution in [3.63, 3.8) is 0 Å². The van der Waals surface area contributed by atoms with Crippen molar-refractivity contribution < 1.29 is 10.2 Å². The molecule has 18 heavy (non-hydrogen) atoms. The van der Waals surface area contributed by atoms with E-state index >= 15 is 0 Å². The molecule has 0 fully saturated rings. The van der Waals surface area contributed by atoms with E-state index < -0.39 is 6.10 Å². The highest BCUT2D eigenvalue weighted by Crippen LogP contribution is 2.23. The second-order valence-corrected chi connectivity index (χ2v) is 4.44. The standard InChI is InChI=1S/C16H18O2/c1-2-13-5-3-4-6-15(13)16(18)11-12-7-9-14(17)10-8-12/h3-10,16-18H,2,11H2,1H3. The van der Waals surface area contributed by atoms with E-state index in [1.165, 1.54) is 5.56 Å². The minimum atomic E-state index is -0.495. The first-order valence-corrected chi connectivity index (χ1v) is 6.24. The third kappa shape index (κ3) is 2.90. The molecule has 0 bridgehead atoms. The molecule has 2 aromatic rings. The minimum absolute atomic E-state index is 0.252. The summed E-state index contributed by atoms with van der Waals surface area (Å²) >= 11 is 0. The van der Waals surface area contributed by atoms with Crippen molar-refractivity contribution in [2.45, 2.75) is 25.9 Å². The zero-order valence-corrected chi connectivity index (χ0v) is 10.5. The van der Waals surface area contributed by atoms with Crippen LogP contribution in [0.1, 0.15) is 29.7 Å². The van der Waals surface area contributed by atoms with E-state index in [0.29, 0.717) is 6.42 Å². The average molecular weight is 242 g/mol. The van der Waals surface area contributed by atoms with Crippen molar-refractivity contribution in [3.05, 3.63) is 65.2 Å². The second kappa shape index (κ2) is 5.69. The SMILES string of the molecule is CCc1ccccc1C(O)Cc1ccc(O)cc1. The van der Waals surface area contributed by atoms with Gasteiger partial charge in [-0.1, -0.05) is 43.3 Å². The Morgan fingerprint density at radius 1 is 1.00 bits per heavy atom. The van der Waals surface area contributed by atoms with Gasteiger partial charge in [0.25, 0.3) is 0 Å². The molecule has 2 heteroatoms. The molecule has 0 aromatic heterocycles. The van der Waals surface area contributed by atoms with Gasteiger partial charge in [-0.2, -0.15) is 0 Å². The molecule has 0 spiro atoms. The van der Waals surface area contributed by atoms with Crippen molar-refractivity contribution in [1.29, 1.82) is 0 Å². The molecule has 0 amide bonds. The van der Waals surface area contributed by atoms with Gasteiger partial charge >= 0.3 is 0 Å². The summed E-state index contributed by atoms with van der Waals surface area (Å²) in [6.07, 6.45) is 0.991. The van der Waals surface area contributed by atoms with Crippen LogP contribution >= 0.6 is 0 Å². The van der Waals surface area contributed by atoms with Gasteiger partial charge < -0.3 is 10.2 Å². The fourth-order valence-electron chi connectivity index (χ4n) is 2.15. The molecule has 0 radical (unpaired) electrons. The van der Waals surface area contributed by atoms with Crippen LogP contribution in [0.25, 0.3) is 0 Å². The lowest BCUT2D eigenvalue weighted by Gasteiger charge is -2.15. The van der Waals surface area contributed by atoms with Crippen molar-refractivity contribution in [3.8, 4) is 5.75 Å². The van der Waals surface area contributed by atoms with E-state index in [4.69, 9.17) is 0 Å². The van der Waals surface area contributed by atoms with E-state index in [1.54, 1.807) is 12.1 Å². The Balaban J connectivity index is 2.16. The van der Waals surface area contributed by atoms with E-state index in [9.17, 15) is 10.2 Å². The van der Waals surface area contributed by atoms with Crippen LogP contribution in [0.2, 0.25) is 0 Å². The zero-order valence-electron chi connectivity index (χ0n) is 10.5. The van der Waals surface area contributed by atoms with Crippen molar-refractivity contribution in [2.75, 3.05) is 0 Å². The van der Waals surface area contributed by atoms with Gasteiger partial charge in [0.15, 0.2) is 0 Å². The first kappa shape index (κ1) is 12.7. The van der Waals surface area contributed by atoms with E-state index in [2.05, 4.69) is 13.0 Å². The number of aliphatic hydroxyl groups is 1. The highest BCUT2D eigenvalue weighted by atomic mass is 16.3. The summed E-state index contributed by atoms with van der Waals surface area (Å²) in [5.74, 6) is 0.252. The summed E-state index contributed by atoms with van der Waals surface area (Å²) in [6, 6.07) is 14.9.